The second-order valence-corrected chi connectivity index (χ2v) is 10.2. The molecule has 6 rings (SSSR count). The SMILES string of the molecule is Cc1cc(CN2C(=O)C(C[C@@H]3CCCO3)(c3ccccc3)N=C2N)cc(C(=O)N2Cc3nccnc3C2)c1. The number of aliphatic imine (C=N–C) groups is 1. The molecule has 3 aliphatic rings. The second-order valence-electron chi connectivity index (χ2n) is 10.2. The second kappa shape index (κ2) is 9.64. The first-order valence-electron chi connectivity index (χ1n) is 13.0. The van der Waals surface area contributed by atoms with Crippen LogP contribution in [-0.2, 0) is 34.7 Å². The summed E-state index contributed by atoms with van der Waals surface area (Å²) in [5, 5.41) is 0. The number of hydrogen-bond donors (Lipinski definition) is 1. The number of nitrogens with zero attached hydrogens (tertiary/aromatic N) is 5. The number of ether oxygens (including phenoxy) is 1. The third-order valence-corrected chi connectivity index (χ3v) is 7.53. The highest BCUT2D eigenvalue weighted by Gasteiger charge is 2.50. The van der Waals surface area contributed by atoms with Crippen LogP contribution in [0.5, 0.6) is 0 Å². The number of nitrogens with two attached hydrogens (primary N) is 1. The maximum Gasteiger partial charge on any atom is 0.262 e. The Labute approximate surface area is 221 Å². The van der Waals surface area contributed by atoms with Gasteiger partial charge in [0, 0.05) is 31.0 Å². The van der Waals surface area contributed by atoms with Crippen LogP contribution in [0.25, 0.3) is 0 Å². The molecule has 2 amide bonds. The van der Waals surface area contributed by atoms with Gasteiger partial charge in [-0.15, -0.1) is 0 Å². The zero-order valence-electron chi connectivity index (χ0n) is 21.3. The van der Waals surface area contributed by atoms with Gasteiger partial charge >= 0.3 is 0 Å². The highest BCUT2D eigenvalue weighted by molar-refractivity contribution is 6.07. The normalized spacial score (nSPS) is 22.6. The van der Waals surface area contributed by atoms with E-state index < -0.39 is 5.54 Å². The molecule has 0 spiro atoms. The summed E-state index contributed by atoms with van der Waals surface area (Å²) in [6, 6.07) is 15.3. The predicted molar refractivity (Wildman–Crippen MR) is 141 cm³/mol. The van der Waals surface area contributed by atoms with Crippen molar-refractivity contribution >= 4 is 17.8 Å². The van der Waals surface area contributed by atoms with Crippen LogP contribution in [-0.4, -0.2) is 50.3 Å². The number of guanidine groups is 1. The number of aromatic nitrogens is 2. The lowest BCUT2D eigenvalue weighted by Crippen LogP contribution is -2.44. The molecular formula is C29H30N6O3. The van der Waals surface area contributed by atoms with Crippen molar-refractivity contribution in [3.8, 4) is 0 Å². The first-order valence-corrected chi connectivity index (χ1v) is 13.0. The van der Waals surface area contributed by atoms with Crippen LogP contribution in [0.15, 0.2) is 65.9 Å². The first-order chi connectivity index (χ1) is 18.4. The van der Waals surface area contributed by atoms with Crippen LogP contribution < -0.4 is 5.73 Å². The zero-order valence-corrected chi connectivity index (χ0v) is 21.3. The topological polar surface area (TPSA) is 114 Å². The van der Waals surface area contributed by atoms with Crippen molar-refractivity contribution in [3.63, 3.8) is 0 Å². The maximum absolute atomic E-state index is 14.1. The minimum atomic E-state index is -1.12. The Morgan fingerprint density at radius 1 is 1.11 bits per heavy atom. The smallest absolute Gasteiger partial charge is 0.262 e. The Bertz CT molecular complexity index is 1390. The lowest BCUT2D eigenvalue weighted by atomic mass is 9.84. The largest absolute Gasteiger partial charge is 0.378 e. The van der Waals surface area contributed by atoms with Gasteiger partial charge in [-0.1, -0.05) is 36.4 Å². The summed E-state index contributed by atoms with van der Waals surface area (Å²) in [5.41, 5.74) is 10.0. The maximum atomic E-state index is 14.1. The van der Waals surface area contributed by atoms with Crippen molar-refractivity contribution in [2.24, 2.45) is 10.7 Å². The van der Waals surface area contributed by atoms with Gasteiger partial charge in [0.05, 0.1) is 37.1 Å². The fourth-order valence-corrected chi connectivity index (χ4v) is 5.73. The van der Waals surface area contributed by atoms with E-state index in [-0.39, 0.29) is 30.4 Å². The molecule has 3 aliphatic heterocycles. The number of carbonyl (C=O) groups excluding carboxylic acids is 2. The highest BCUT2D eigenvalue weighted by Crippen LogP contribution is 2.40. The summed E-state index contributed by atoms with van der Waals surface area (Å²) in [4.78, 5) is 44.2. The molecule has 2 atom stereocenters. The highest BCUT2D eigenvalue weighted by atomic mass is 16.5. The average molecular weight is 511 g/mol. The Morgan fingerprint density at radius 2 is 1.84 bits per heavy atom. The van der Waals surface area contributed by atoms with Gasteiger partial charge in [-0.05, 0) is 48.6 Å². The number of rotatable bonds is 6. The minimum absolute atomic E-state index is 0.0487. The molecule has 1 saturated heterocycles. The van der Waals surface area contributed by atoms with Gasteiger partial charge < -0.3 is 15.4 Å². The Balaban J connectivity index is 1.26. The molecule has 9 heteroatoms. The van der Waals surface area contributed by atoms with E-state index in [1.807, 2.05) is 55.5 Å². The molecule has 0 radical (unpaired) electrons. The van der Waals surface area contributed by atoms with E-state index in [9.17, 15) is 9.59 Å². The van der Waals surface area contributed by atoms with Gasteiger partial charge in [0.2, 0.25) is 0 Å². The molecule has 1 aromatic heterocycles. The predicted octanol–water partition coefficient (Wildman–Crippen LogP) is 3.06. The molecule has 2 aromatic carbocycles. The van der Waals surface area contributed by atoms with Crippen molar-refractivity contribution in [2.45, 2.75) is 57.5 Å². The summed E-state index contributed by atoms with van der Waals surface area (Å²) in [7, 11) is 0. The van der Waals surface area contributed by atoms with Gasteiger partial charge in [-0.3, -0.25) is 24.5 Å². The molecule has 0 saturated carbocycles. The van der Waals surface area contributed by atoms with E-state index in [0.29, 0.717) is 31.7 Å². The van der Waals surface area contributed by atoms with Crippen molar-refractivity contribution in [3.05, 3.63) is 94.6 Å². The van der Waals surface area contributed by atoms with Crippen LogP contribution in [0, 0.1) is 6.92 Å². The molecule has 0 aliphatic carbocycles. The number of amides is 2. The van der Waals surface area contributed by atoms with E-state index >= 15 is 0 Å². The number of fused-ring (bicyclic) bond motifs is 1. The molecule has 2 N–H and O–H groups in total. The number of aryl methyl sites for hydroxylation is 1. The number of hydrogen-bond acceptors (Lipinski definition) is 7. The average Bonchev–Trinajstić information content (AvgIpc) is 3.65. The summed E-state index contributed by atoms with van der Waals surface area (Å²) < 4.78 is 5.90. The Kier molecular flexibility index (Phi) is 6.15. The third kappa shape index (κ3) is 4.32. The molecule has 194 valence electrons. The Morgan fingerprint density at radius 3 is 2.53 bits per heavy atom. The van der Waals surface area contributed by atoms with Gasteiger partial charge in [0.25, 0.3) is 11.8 Å². The molecule has 3 aromatic rings. The van der Waals surface area contributed by atoms with Crippen LogP contribution >= 0.6 is 0 Å². The lowest BCUT2D eigenvalue weighted by molar-refractivity contribution is -0.133. The van der Waals surface area contributed by atoms with Gasteiger partial charge in [0.1, 0.15) is 0 Å². The van der Waals surface area contributed by atoms with Crippen LogP contribution in [0.2, 0.25) is 0 Å². The molecule has 0 bridgehead atoms. The van der Waals surface area contributed by atoms with Crippen LogP contribution in [0.4, 0.5) is 0 Å². The van der Waals surface area contributed by atoms with E-state index in [2.05, 4.69) is 9.97 Å². The van der Waals surface area contributed by atoms with E-state index in [0.717, 1.165) is 40.9 Å². The third-order valence-electron chi connectivity index (χ3n) is 7.53. The minimum Gasteiger partial charge on any atom is -0.378 e. The monoisotopic (exact) mass is 510 g/mol. The molecule has 4 heterocycles. The van der Waals surface area contributed by atoms with Crippen molar-refractivity contribution < 1.29 is 14.3 Å². The quantitative estimate of drug-likeness (QED) is 0.545. The fraction of sp³-hybridized carbons (Fsp3) is 0.345. The summed E-state index contributed by atoms with van der Waals surface area (Å²) >= 11 is 0. The van der Waals surface area contributed by atoms with Crippen LogP contribution in [0.1, 0.15) is 57.7 Å². The molecule has 38 heavy (non-hydrogen) atoms. The van der Waals surface area contributed by atoms with E-state index in [4.69, 9.17) is 15.5 Å². The summed E-state index contributed by atoms with van der Waals surface area (Å²) in [6.45, 7) is 3.72. The molecule has 1 fully saturated rings. The summed E-state index contributed by atoms with van der Waals surface area (Å²) in [6.07, 6.45) is 5.55. The van der Waals surface area contributed by atoms with Gasteiger partial charge in [-0.2, -0.15) is 0 Å². The zero-order chi connectivity index (χ0) is 26.3. The first kappa shape index (κ1) is 24.2. The van der Waals surface area contributed by atoms with Crippen molar-refractivity contribution in [2.75, 3.05) is 6.61 Å². The number of benzene rings is 2. The lowest BCUT2D eigenvalue weighted by Gasteiger charge is -2.29. The fourth-order valence-electron chi connectivity index (χ4n) is 5.73. The van der Waals surface area contributed by atoms with Gasteiger partial charge in [-0.25, -0.2) is 4.99 Å². The van der Waals surface area contributed by atoms with Gasteiger partial charge in [0.15, 0.2) is 11.5 Å². The molecule has 1 unspecified atom stereocenters. The van der Waals surface area contributed by atoms with Crippen molar-refractivity contribution in [1.82, 2.24) is 19.8 Å². The van der Waals surface area contributed by atoms with E-state index in [1.165, 1.54) is 4.90 Å². The van der Waals surface area contributed by atoms with Crippen LogP contribution in [0.3, 0.4) is 0 Å². The van der Waals surface area contributed by atoms with E-state index in [1.54, 1.807) is 17.3 Å². The Hall–Kier alpha value is -4.11. The summed E-state index contributed by atoms with van der Waals surface area (Å²) in [5.74, 6) is -0.0854. The molecule has 9 nitrogen and oxygen atoms in total. The molecular weight excluding hydrogens is 480 g/mol. The standard InChI is InChI=1S/C29H30N6O3/c1-19-12-20(14-21(13-19)26(36)34-17-24-25(18-34)32-10-9-31-24)16-35-27(37)29(33-28(35)30,15-23-8-5-11-38-23)22-6-3-2-4-7-22/h2-4,6-7,9-10,12-14,23H,5,8,11,15-18H2,1H3,(H2,30,33)/t23-,29?/m0/s1. The number of carbonyl (C=O) groups is 2. The van der Waals surface area contributed by atoms with Crippen molar-refractivity contribution in [1.29, 1.82) is 0 Å².